The number of aliphatic hydroxyl groups is 1. The summed E-state index contributed by atoms with van der Waals surface area (Å²) in [7, 11) is 2.08. The first-order chi connectivity index (χ1) is 10.1. The number of aromatic nitrogens is 1. The minimum atomic E-state index is 0.00389. The Bertz CT molecular complexity index is 774. The molecule has 2 aromatic carbocycles. The van der Waals surface area contributed by atoms with Crippen LogP contribution in [0.3, 0.4) is 0 Å². The normalized spacial score (nSPS) is 12.8. The number of hydrogen-bond acceptors (Lipinski definition) is 1. The third-order valence-corrected chi connectivity index (χ3v) is 4.78. The molecule has 0 bridgehead atoms. The summed E-state index contributed by atoms with van der Waals surface area (Å²) in [4.78, 5) is 0. The minimum absolute atomic E-state index is 0.00389. The largest absolute Gasteiger partial charge is 0.395 e. The number of benzene rings is 2. The molecular formula is C18H18BrNO. The Hall–Kier alpha value is -1.58. The van der Waals surface area contributed by atoms with Crippen molar-refractivity contribution in [1.29, 1.82) is 0 Å². The van der Waals surface area contributed by atoms with Crippen LogP contribution in [-0.2, 0) is 7.05 Å². The van der Waals surface area contributed by atoms with E-state index in [9.17, 15) is 5.11 Å². The molecule has 3 heteroatoms. The van der Waals surface area contributed by atoms with Crippen molar-refractivity contribution in [2.24, 2.45) is 7.05 Å². The minimum Gasteiger partial charge on any atom is -0.395 e. The fourth-order valence-electron chi connectivity index (χ4n) is 3.05. The Kier molecular flexibility index (Phi) is 3.87. The lowest BCUT2D eigenvalue weighted by Gasteiger charge is -2.16. The van der Waals surface area contributed by atoms with Crippen LogP contribution >= 0.6 is 15.9 Å². The van der Waals surface area contributed by atoms with Gasteiger partial charge in [0.2, 0.25) is 0 Å². The first-order valence-electron chi connectivity index (χ1n) is 7.03. The summed E-state index contributed by atoms with van der Waals surface area (Å²) in [6.07, 6.45) is 0. The lowest BCUT2D eigenvalue weighted by Crippen LogP contribution is -2.07. The highest BCUT2D eigenvalue weighted by molar-refractivity contribution is 9.10. The van der Waals surface area contributed by atoms with E-state index in [1.165, 1.54) is 22.2 Å². The topological polar surface area (TPSA) is 25.2 Å². The summed E-state index contributed by atoms with van der Waals surface area (Å²) >= 11 is 3.46. The number of nitrogens with zero attached hydrogens (tertiary/aromatic N) is 1. The Morgan fingerprint density at radius 3 is 2.43 bits per heavy atom. The second kappa shape index (κ2) is 5.66. The molecule has 1 aromatic heterocycles. The first kappa shape index (κ1) is 14.4. The third kappa shape index (κ3) is 2.41. The summed E-state index contributed by atoms with van der Waals surface area (Å²) in [5, 5.41) is 11.2. The highest BCUT2D eigenvalue weighted by Gasteiger charge is 2.21. The van der Waals surface area contributed by atoms with Crippen molar-refractivity contribution in [3.63, 3.8) is 0 Å². The number of fused-ring (bicyclic) bond motifs is 1. The van der Waals surface area contributed by atoms with E-state index in [4.69, 9.17) is 0 Å². The number of aliphatic hydroxyl groups excluding tert-OH is 1. The number of hydrogen-bond donors (Lipinski definition) is 1. The fraction of sp³-hybridized carbons (Fsp3) is 0.222. The van der Waals surface area contributed by atoms with Gasteiger partial charge >= 0.3 is 0 Å². The molecule has 21 heavy (non-hydrogen) atoms. The maximum absolute atomic E-state index is 9.97. The maximum Gasteiger partial charge on any atom is 0.0541 e. The van der Waals surface area contributed by atoms with Gasteiger partial charge in [0.15, 0.2) is 0 Å². The summed E-state index contributed by atoms with van der Waals surface area (Å²) in [5.74, 6) is 0.00389. The van der Waals surface area contributed by atoms with Crippen molar-refractivity contribution in [3.8, 4) is 0 Å². The molecule has 2 nitrogen and oxygen atoms in total. The Morgan fingerprint density at radius 1 is 1.10 bits per heavy atom. The zero-order valence-electron chi connectivity index (χ0n) is 12.2. The molecule has 0 aliphatic rings. The summed E-state index contributed by atoms with van der Waals surface area (Å²) in [6, 6.07) is 16.6. The van der Waals surface area contributed by atoms with Gasteiger partial charge in [-0.2, -0.15) is 0 Å². The van der Waals surface area contributed by atoms with Crippen molar-refractivity contribution >= 4 is 26.8 Å². The average molecular weight is 344 g/mol. The van der Waals surface area contributed by atoms with Crippen LogP contribution in [0.25, 0.3) is 10.9 Å². The zero-order chi connectivity index (χ0) is 15.0. The van der Waals surface area contributed by atoms with E-state index < -0.39 is 0 Å². The van der Waals surface area contributed by atoms with Crippen LogP contribution in [0.4, 0.5) is 0 Å². The van der Waals surface area contributed by atoms with Crippen LogP contribution < -0.4 is 0 Å². The predicted octanol–water partition coefficient (Wildman–Crippen LogP) is 4.37. The van der Waals surface area contributed by atoms with Crippen LogP contribution in [0.2, 0.25) is 0 Å². The molecule has 1 N–H and O–H groups in total. The fourth-order valence-corrected chi connectivity index (χ4v) is 3.31. The van der Waals surface area contributed by atoms with Crippen LogP contribution in [0.5, 0.6) is 0 Å². The number of rotatable bonds is 3. The van der Waals surface area contributed by atoms with Gasteiger partial charge in [-0.15, -0.1) is 0 Å². The van der Waals surface area contributed by atoms with Crippen LogP contribution in [0.1, 0.15) is 22.7 Å². The van der Waals surface area contributed by atoms with Gasteiger partial charge in [0.25, 0.3) is 0 Å². The first-order valence-corrected chi connectivity index (χ1v) is 7.83. The second-order valence-electron chi connectivity index (χ2n) is 5.36. The zero-order valence-corrected chi connectivity index (χ0v) is 13.8. The maximum atomic E-state index is 9.97. The molecule has 1 atom stereocenters. The SMILES string of the molecule is Cc1c(C(CO)c2ccc(Br)cc2)c2ccccc2n1C. The molecule has 1 unspecified atom stereocenters. The van der Waals surface area contributed by atoms with E-state index in [1.807, 2.05) is 12.1 Å². The molecule has 0 fully saturated rings. The number of halogens is 1. The Balaban J connectivity index is 2.22. The average Bonchev–Trinajstić information content (AvgIpc) is 2.76. The van der Waals surface area contributed by atoms with Gasteiger partial charge in [-0.1, -0.05) is 46.3 Å². The number of aryl methyl sites for hydroxylation is 1. The van der Waals surface area contributed by atoms with E-state index in [1.54, 1.807) is 0 Å². The van der Waals surface area contributed by atoms with Crippen molar-refractivity contribution in [3.05, 3.63) is 69.8 Å². The van der Waals surface area contributed by atoms with Gasteiger partial charge in [0.1, 0.15) is 0 Å². The smallest absolute Gasteiger partial charge is 0.0541 e. The highest BCUT2D eigenvalue weighted by atomic mass is 79.9. The van der Waals surface area contributed by atoms with E-state index in [2.05, 4.69) is 70.9 Å². The van der Waals surface area contributed by atoms with Crippen LogP contribution in [-0.4, -0.2) is 16.3 Å². The molecule has 0 aliphatic carbocycles. The van der Waals surface area contributed by atoms with E-state index >= 15 is 0 Å². The standard InChI is InChI=1S/C18H18BrNO/c1-12-18(15-5-3-4-6-17(15)20(12)2)16(11-21)13-7-9-14(19)10-8-13/h3-10,16,21H,11H2,1-2H3. The second-order valence-corrected chi connectivity index (χ2v) is 6.28. The van der Waals surface area contributed by atoms with E-state index in [0.717, 1.165) is 10.0 Å². The number of para-hydroxylation sites is 1. The molecule has 1 heterocycles. The van der Waals surface area contributed by atoms with Crippen molar-refractivity contribution in [1.82, 2.24) is 4.57 Å². The summed E-state index contributed by atoms with van der Waals surface area (Å²) in [6.45, 7) is 2.23. The van der Waals surface area contributed by atoms with Crippen molar-refractivity contribution < 1.29 is 5.11 Å². The predicted molar refractivity (Wildman–Crippen MR) is 90.7 cm³/mol. The van der Waals surface area contributed by atoms with Crippen LogP contribution in [0, 0.1) is 6.92 Å². The van der Waals surface area contributed by atoms with E-state index in [0.29, 0.717) is 0 Å². The summed E-state index contributed by atoms with van der Waals surface area (Å²) < 4.78 is 3.25. The molecule has 0 saturated heterocycles. The Morgan fingerprint density at radius 2 is 1.76 bits per heavy atom. The van der Waals surface area contributed by atoms with Gasteiger partial charge in [-0.25, -0.2) is 0 Å². The quantitative estimate of drug-likeness (QED) is 0.750. The molecule has 0 aliphatic heterocycles. The molecule has 3 aromatic rings. The van der Waals surface area contributed by atoms with Crippen molar-refractivity contribution in [2.75, 3.05) is 6.61 Å². The molecule has 0 radical (unpaired) electrons. The third-order valence-electron chi connectivity index (χ3n) is 4.25. The van der Waals surface area contributed by atoms with Gasteiger partial charge in [0.05, 0.1) is 6.61 Å². The molecule has 0 spiro atoms. The van der Waals surface area contributed by atoms with Crippen LogP contribution in [0.15, 0.2) is 53.0 Å². The van der Waals surface area contributed by atoms with Gasteiger partial charge in [-0.05, 0) is 36.2 Å². The van der Waals surface area contributed by atoms with Gasteiger partial charge < -0.3 is 9.67 Å². The molecule has 0 saturated carbocycles. The molecule has 108 valence electrons. The molecular weight excluding hydrogens is 326 g/mol. The van der Waals surface area contributed by atoms with E-state index in [-0.39, 0.29) is 12.5 Å². The highest BCUT2D eigenvalue weighted by Crippen LogP contribution is 2.35. The van der Waals surface area contributed by atoms with Gasteiger partial charge in [-0.3, -0.25) is 0 Å². The monoisotopic (exact) mass is 343 g/mol. The Labute approximate surface area is 133 Å². The lowest BCUT2D eigenvalue weighted by atomic mass is 9.90. The van der Waals surface area contributed by atoms with Gasteiger partial charge in [0, 0.05) is 34.0 Å². The molecule has 0 amide bonds. The lowest BCUT2D eigenvalue weighted by molar-refractivity contribution is 0.280. The molecule has 3 rings (SSSR count). The van der Waals surface area contributed by atoms with Crippen molar-refractivity contribution in [2.45, 2.75) is 12.8 Å². The summed E-state index contributed by atoms with van der Waals surface area (Å²) in [5.41, 5.74) is 4.77.